The average Bonchev–Trinajstić information content (AvgIpc) is 2.54. The van der Waals surface area contributed by atoms with Crippen molar-refractivity contribution in [3.63, 3.8) is 0 Å². The molecule has 2 rings (SSSR count). The lowest BCUT2D eigenvalue weighted by molar-refractivity contribution is 0.0948. The molecule has 0 atom stereocenters. The number of carbonyl (C=O) groups excluding carboxylic acids is 1. The third-order valence-electron chi connectivity index (χ3n) is 3.55. The summed E-state index contributed by atoms with van der Waals surface area (Å²) in [6.07, 6.45) is 0. The van der Waals surface area contributed by atoms with Crippen LogP contribution in [-0.4, -0.2) is 20.9 Å². The van der Waals surface area contributed by atoms with Gasteiger partial charge in [-0.25, -0.2) is 8.42 Å². The molecule has 134 valence electrons. The van der Waals surface area contributed by atoms with Crippen LogP contribution >= 0.6 is 11.6 Å². The van der Waals surface area contributed by atoms with E-state index in [9.17, 15) is 13.2 Å². The summed E-state index contributed by atoms with van der Waals surface area (Å²) in [4.78, 5) is 12.3. The Labute approximate surface area is 153 Å². The normalized spacial score (nSPS) is 11.4. The molecular weight excluding hydrogens is 360 g/mol. The first-order valence-corrected chi connectivity index (χ1v) is 9.73. The van der Waals surface area contributed by atoms with Gasteiger partial charge in [0.15, 0.2) is 0 Å². The van der Waals surface area contributed by atoms with Crippen molar-refractivity contribution in [3.05, 3.63) is 58.6 Å². The molecule has 0 saturated heterocycles. The van der Waals surface area contributed by atoms with Gasteiger partial charge in [-0.3, -0.25) is 9.52 Å². The van der Waals surface area contributed by atoms with Gasteiger partial charge in [0.25, 0.3) is 15.9 Å². The molecule has 0 aliphatic rings. The van der Waals surface area contributed by atoms with Gasteiger partial charge in [-0.1, -0.05) is 43.6 Å². The quantitative estimate of drug-likeness (QED) is 0.799. The van der Waals surface area contributed by atoms with E-state index in [1.807, 2.05) is 13.8 Å². The molecule has 1 amide bonds. The maximum atomic E-state index is 12.6. The fourth-order valence-electron chi connectivity index (χ4n) is 2.15. The molecule has 0 spiro atoms. The van der Waals surface area contributed by atoms with Crippen LogP contribution in [0, 0.1) is 12.8 Å². The van der Waals surface area contributed by atoms with Gasteiger partial charge in [0.1, 0.15) is 0 Å². The van der Waals surface area contributed by atoms with Crippen LogP contribution in [-0.2, 0) is 10.0 Å². The van der Waals surface area contributed by atoms with Gasteiger partial charge < -0.3 is 5.32 Å². The lowest BCUT2D eigenvalue weighted by Gasteiger charge is -2.13. The van der Waals surface area contributed by atoms with E-state index in [1.165, 1.54) is 12.1 Å². The van der Waals surface area contributed by atoms with Crippen molar-refractivity contribution in [2.45, 2.75) is 25.7 Å². The van der Waals surface area contributed by atoms with E-state index in [0.29, 0.717) is 28.6 Å². The van der Waals surface area contributed by atoms with Crippen LogP contribution in [0.25, 0.3) is 0 Å². The molecule has 2 aromatic carbocycles. The molecule has 25 heavy (non-hydrogen) atoms. The zero-order valence-corrected chi connectivity index (χ0v) is 15.9. The van der Waals surface area contributed by atoms with Crippen molar-refractivity contribution in [2.24, 2.45) is 5.92 Å². The standard InChI is InChI=1S/C18H21ClN2O3S/c1-12(2)11-20-18(22)15-10-14(9-8-13(15)3)25(23,24)21-17-7-5-4-6-16(17)19/h4-10,12,21H,11H2,1-3H3,(H,20,22). The van der Waals surface area contributed by atoms with Crippen molar-refractivity contribution >= 4 is 33.2 Å². The van der Waals surface area contributed by atoms with Crippen molar-refractivity contribution in [2.75, 3.05) is 11.3 Å². The van der Waals surface area contributed by atoms with Gasteiger partial charge in [-0.05, 0) is 42.7 Å². The molecule has 0 fully saturated rings. The maximum absolute atomic E-state index is 12.6. The van der Waals surface area contributed by atoms with Crippen molar-refractivity contribution in [3.8, 4) is 0 Å². The molecular formula is C18H21ClN2O3S. The highest BCUT2D eigenvalue weighted by atomic mass is 35.5. The summed E-state index contributed by atoms with van der Waals surface area (Å²) in [5.74, 6) is 0.0130. The summed E-state index contributed by atoms with van der Waals surface area (Å²) >= 11 is 6.00. The van der Waals surface area contributed by atoms with Gasteiger partial charge in [-0.15, -0.1) is 0 Å². The number of carbonyl (C=O) groups is 1. The van der Waals surface area contributed by atoms with Crippen LogP contribution in [0.15, 0.2) is 47.4 Å². The average molecular weight is 381 g/mol. The summed E-state index contributed by atoms with van der Waals surface area (Å²) in [5, 5.41) is 3.10. The number of sulfonamides is 1. The largest absolute Gasteiger partial charge is 0.352 e. The van der Waals surface area contributed by atoms with Gasteiger partial charge >= 0.3 is 0 Å². The minimum atomic E-state index is -3.85. The highest BCUT2D eigenvalue weighted by Gasteiger charge is 2.19. The minimum absolute atomic E-state index is 0.00715. The van der Waals surface area contributed by atoms with Gasteiger partial charge in [0.05, 0.1) is 15.6 Å². The number of hydrogen-bond acceptors (Lipinski definition) is 3. The van der Waals surface area contributed by atoms with Crippen molar-refractivity contribution in [1.82, 2.24) is 5.32 Å². The zero-order chi connectivity index (χ0) is 18.6. The highest BCUT2D eigenvalue weighted by Crippen LogP contribution is 2.25. The fraction of sp³-hybridized carbons (Fsp3) is 0.278. The van der Waals surface area contributed by atoms with E-state index in [0.717, 1.165) is 0 Å². The van der Waals surface area contributed by atoms with Gasteiger partial charge in [-0.2, -0.15) is 0 Å². The fourth-order valence-corrected chi connectivity index (χ4v) is 3.50. The summed E-state index contributed by atoms with van der Waals surface area (Å²) in [7, 11) is -3.85. The van der Waals surface area contributed by atoms with Crippen LogP contribution in [0.2, 0.25) is 5.02 Å². The van der Waals surface area contributed by atoms with E-state index in [-0.39, 0.29) is 16.5 Å². The van der Waals surface area contributed by atoms with Crippen LogP contribution in [0.3, 0.4) is 0 Å². The number of hydrogen-bond donors (Lipinski definition) is 2. The van der Waals surface area contributed by atoms with Crippen LogP contribution in [0.4, 0.5) is 5.69 Å². The Bertz CT molecular complexity index is 880. The molecule has 2 N–H and O–H groups in total. The predicted molar refractivity (Wildman–Crippen MR) is 101 cm³/mol. The maximum Gasteiger partial charge on any atom is 0.261 e. The lowest BCUT2D eigenvalue weighted by atomic mass is 10.1. The summed E-state index contributed by atoms with van der Waals surface area (Å²) in [5.41, 5.74) is 1.33. The molecule has 0 saturated carbocycles. The number of amides is 1. The van der Waals surface area contributed by atoms with E-state index in [4.69, 9.17) is 11.6 Å². The first-order valence-electron chi connectivity index (χ1n) is 7.87. The third kappa shape index (κ3) is 4.96. The number of benzene rings is 2. The second kappa shape index (κ2) is 7.89. The Morgan fingerprint density at radius 2 is 1.84 bits per heavy atom. The number of halogens is 1. The molecule has 2 aromatic rings. The Morgan fingerprint density at radius 1 is 1.16 bits per heavy atom. The van der Waals surface area contributed by atoms with Crippen LogP contribution < -0.4 is 10.0 Å². The Hall–Kier alpha value is -2.05. The van der Waals surface area contributed by atoms with Gasteiger partial charge in [0, 0.05) is 12.1 Å². The first kappa shape index (κ1) is 19.3. The molecule has 7 heteroatoms. The summed E-state index contributed by atoms with van der Waals surface area (Å²) in [6.45, 7) is 6.26. The second-order valence-corrected chi connectivity index (χ2v) is 8.26. The molecule has 0 bridgehead atoms. The van der Waals surface area contributed by atoms with E-state index in [1.54, 1.807) is 37.3 Å². The number of nitrogens with one attached hydrogen (secondary N) is 2. The number of anilines is 1. The Balaban J connectivity index is 2.31. The van der Waals surface area contributed by atoms with Gasteiger partial charge in [0.2, 0.25) is 0 Å². The topological polar surface area (TPSA) is 75.3 Å². The number of para-hydroxylation sites is 1. The minimum Gasteiger partial charge on any atom is -0.352 e. The monoisotopic (exact) mass is 380 g/mol. The molecule has 0 aromatic heterocycles. The lowest BCUT2D eigenvalue weighted by Crippen LogP contribution is -2.28. The summed E-state index contributed by atoms with van der Waals surface area (Å²) < 4.78 is 27.7. The van der Waals surface area contributed by atoms with E-state index >= 15 is 0 Å². The number of rotatable bonds is 6. The Morgan fingerprint density at radius 3 is 2.48 bits per heavy atom. The number of aryl methyl sites for hydroxylation is 1. The first-order chi connectivity index (χ1) is 11.7. The molecule has 5 nitrogen and oxygen atoms in total. The van der Waals surface area contributed by atoms with Crippen molar-refractivity contribution < 1.29 is 13.2 Å². The van der Waals surface area contributed by atoms with Crippen molar-refractivity contribution in [1.29, 1.82) is 0 Å². The SMILES string of the molecule is Cc1ccc(S(=O)(=O)Nc2ccccc2Cl)cc1C(=O)NCC(C)C. The predicted octanol–water partition coefficient (Wildman–Crippen LogP) is 3.84. The molecule has 0 radical (unpaired) electrons. The zero-order valence-electron chi connectivity index (χ0n) is 14.3. The smallest absolute Gasteiger partial charge is 0.261 e. The molecule has 0 heterocycles. The molecule has 0 aliphatic heterocycles. The Kier molecular flexibility index (Phi) is 6.08. The van der Waals surface area contributed by atoms with Crippen LogP contribution in [0.5, 0.6) is 0 Å². The third-order valence-corrected chi connectivity index (χ3v) is 5.25. The van der Waals surface area contributed by atoms with Crippen LogP contribution in [0.1, 0.15) is 29.8 Å². The molecule has 0 aliphatic carbocycles. The summed E-state index contributed by atoms with van der Waals surface area (Å²) in [6, 6.07) is 11.0. The molecule has 0 unspecified atom stereocenters. The van der Waals surface area contributed by atoms with E-state index < -0.39 is 10.0 Å². The van der Waals surface area contributed by atoms with E-state index in [2.05, 4.69) is 10.0 Å². The second-order valence-electron chi connectivity index (χ2n) is 6.17. The highest BCUT2D eigenvalue weighted by molar-refractivity contribution is 7.92.